The molecule has 0 saturated heterocycles. The first kappa shape index (κ1) is 14.8. The molecule has 0 aromatic rings. The molecule has 0 unspecified atom stereocenters. The topological polar surface area (TPSA) is 9.23 Å². The van der Waals surface area contributed by atoms with Crippen LogP contribution in [-0.2, 0) is 4.43 Å². The van der Waals surface area contributed by atoms with Gasteiger partial charge in [0.25, 0.3) is 0 Å². The Morgan fingerprint density at radius 3 is 1.50 bits per heavy atom. The average molecular weight is 208 g/mol. The summed E-state index contributed by atoms with van der Waals surface area (Å²) in [6.07, 6.45) is 0. The van der Waals surface area contributed by atoms with Crippen LogP contribution in [0.5, 0.6) is 0 Å². The van der Waals surface area contributed by atoms with E-state index in [1.54, 1.807) is 0 Å². The van der Waals surface area contributed by atoms with Crippen LogP contribution < -0.4 is 0 Å². The summed E-state index contributed by atoms with van der Waals surface area (Å²) in [7, 11) is -1.55. The van der Waals surface area contributed by atoms with Gasteiger partial charge in [-0.15, -0.1) is 0 Å². The molecule has 1 nitrogen and oxygen atoms in total. The van der Waals surface area contributed by atoms with Gasteiger partial charge >= 0.3 is 100 Å². The number of hydrogen-bond donors (Lipinski definition) is 0. The summed E-state index contributed by atoms with van der Waals surface area (Å²) in [6.45, 7) is 15.0. The molecule has 0 saturated carbocycles. The summed E-state index contributed by atoms with van der Waals surface area (Å²) in [6, 6.07) is 0. The summed E-state index contributed by atoms with van der Waals surface area (Å²) < 4.78 is 6.30. The minimum absolute atomic E-state index is 0.717. The van der Waals surface area contributed by atoms with Gasteiger partial charge < -0.3 is 0 Å². The van der Waals surface area contributed by atoms with E-state index in [-0.39, 0.29) is 0 Å². The molecule has 0 aliphatic carbocycles. The third-order valence-electron chi connectivity index (χ3n) is 3.26. The van der Waals surface area contributed by atoms with Crippen molar-refractivity contribution in [2.45, 2.75) is 63.3 Å². The average Bonchev–Trinajstić information content (AvgIpc) is 2.03. The van der Waals surface area contributed by atoms with Crippen LogP contribution in [0.3, 0.4) is 0 Å². The SMILES string of the molecule is [Li][CH2]CO[Si](C(C)C)(C(C)C)C(C)C. The summed E-state index contributed by atoms with van der Waals surface area (Å²) in [5.74, 6) is 0. The van der Waals surface area contributed by atoms with Gasteiger partial charge in [-0.25, -0.2) is 0 Å². The Kier molecular flexibility index (Phi) is 6.73. The molecular weight excluding hydrogens is 183 g/mol. The van der Waals surface area contributed by atoms with Gasteiger partial charge in [-0.3, -0.25) is 0 Å². The van der Waals surface area contributed by atoms with E-state index in [1.165, 1.54) is 0 Å². The van der Waals surface area contributed by atoms with Crippen LogP contribution in [0, 0.1) is 0 Å². The molecular formula is C11H25LiOSi. The van der Waals surface area contributed by atoms with Crippen molar-refractivity contribution in [1.82, 2.24) is 0 Å². The first-order chi connectivity index (χ1) is 6.39. The fraction of sp³-hybridized carbons (Fsp3) is 1.00. The summed E-state index contributed by atoms with van der Waals surface area (Å²) in [4.78, 5) is 0. The van der Waals surface area contributed by atoms with Gasteiger partial charge in [0.1, 0.15) is 0 Å². The van der Waals surface area contributed by atoms with Gasteiger partial charge in [-0.05, 0) is 0 Å². The first-order valence-corrected chi connectivity index (χ1v) is 8.17. The number of rotatable bonds is 6. The van der Waals surface area contributed by atoms with Crippen molar-refractivity contribution in [3.63, 3.8) is 0 Å². The minimum atomic E-state index is -1.55. The molecule has 0 spiro atoms. The van der Waals surface area contributed by atoms with Crippen LogP contribution >= 0.6 is 0 Å². The van der Waals surface area contributed by atoms with E-state index in [4.69, 9.17) is 4.43 Å². The molecule has 0 radical (unpaired) electrons. The molecule has 14 heavy (non-hydrogen) atoms. The quantitative estimate of drug-likeness (QED) is 0.604. The first-order valence-electron chi connectivity index (χ1n) is 6.03. The van der Waals surface area contributed by atoms with Crippen molar-refractivity contribution in [3.8, 4) is 0 Å². The monoisotopic (exact) mass is 208 g/mol. The summed E-state index contributed by atoms with van der Waals surface area (Å²) in [5, 5.41) is 1.14. The molecule has 0 atom stereocenters. The Morgan fingerprint density at radius 1 is 0.929 bits per heavy atom. The van der Waals surface area contributed by atoms with Crippen molar-refractivity contribution in [2.24, 2.45) is 0 Å². The van der Waals surface area contributed by atoms with E-state index in [0.29, 0.717) is 16.6 Å². The molecule has 0 aliphatic heterocycles. The summed E-state index contributed by atoms with van der Waals surface area (Å²) >= 11 is 2.19. The van der Waals surface area contributed by atoms with Crippen LogP contribution in [-0.4, -0.2) is 32.6 Å². The maximum atomic E-state index is 6.30. The van der Waals surface area contributed by atoms with Crippen molar-refractivity contribution in [2.75, 3.05) is 6.61 Å². The zero-order valence-electron chi connectivity index (χ0n) is 11.1. The third kappa shape index (κ3) is 3.13. The second-order valence-electron chi connectivity index (χ2n) is 5.17. The molecule has 80 valence electrons. The van der Waals surface area contributed by atoms with Crippen LogP contribution in [0.25, 0.3) is 0 Å². The van der Waals surface area contributed by atoms with E-state index in [0.717, 1.165) is 11.7 Å². The van der Waals surface area contributed by atoms with Crippen molar-refractivity contribution in [1.29, 1.82) is 0 Å². The normalized spacial score (nSPS) is 13.4. The van der Waals surface area contributed by atoms with E-state index >= 15 is 0 Å². The van der Waals surface area contributed by atoms with Crippen LogP contribution in [0.1, 0.15) is 41.5 Å². The predicted molar refractivity (Wildman–Crippen MR) is 67.6 cm³/mol. The molecule has 0 aromatic carbocycles. The molecule has 0 fully saturated rings. The Balaban J connectivity index is 4.76. The van der Waals surface area contributed by atoms with Crippen molar-refractivity contribution >= 4 is 26.0 Å². The molecule has 0 aromatic heterocycles. The molecule has 0 N–H and O–H groups in total. The second-order valence-corrected chi connectivity index (χ2v) is 10.6. The van der Waals surface area contributed by atoms with Gasteiger partial charge in [0.2, 0.25) is 0 Å². The molecule has 0 heterocycles. The molecule has 0 aliphatic rings. The molecule has 3 heteroatoms. The fourth-order valence-electron chi connectivity index (χ4n) is 2.78. The predicted octanol–water partition coefficient (Wildman–Crippen LogP) is 3.77. The van der Waals surface area contributed by atoms with Gasteiger partial charge in [-0.2, -0.15) is 0 Å². The van der Waals surface area contributed by atoms with E-state index in [2.05, 4.69) is 59.3 Å². The van der Waals surface area contributed by atoms with Gasteiger partial charge in [0, 0.05) is 0 Å². The van der Waals surface area contributed by atoms with E-state index in [9.17, 15) is 0 Å². The van der Waals surface area contributed by atoms with Crippen LogP contribution in [0.2, 0.25) is 21.7 Å². The van der Waals surface area contributed by atoms with Gasteiger partial charge in [0.15, 0.2) is 0 Å². The second kappa shape index (κ2) is 6.38. The molecule has 0 rings (SSSR count). The van der Waals surface area contributed by atoms with E-state index in [1.807, 2.05) is 0 Å². The standard InChI is InChI=1S/C11H25OSi.Li/c1-8-12-13(9(2)3,10(4)5)11(6)7;/h9-11H,1,8H2,2-7H3;. The van der Waals surface area contributed by atoms with E-state index < -0.39 is 8.32 Å². The zero-order valence-corrected chi connectivity index (χ0v) is 12.1. The molecule has 0 amide bonds. The number of hydrogen-bond acceptors (Lipinski definition) is 1. The van der Waals surface area contributed by atoms with Crippen LogP contribution in [0.15, 0.2) is 0 Å². The third-order valence-corrected chi connectivity index (χ3v) is 9.38. The van der Waals surface area contributed by atoms with Gasteiger partial charge in [0.05, 0.1) is 0 Å². The Labute approximate surface area is 100 Å². The summed E-state index contributed by atoms with van der Waals surface area (Å²) in [5.41, 5.74) is 2.15. The Morgan fingerprint density at radius 2 is 1.29 bits per heavy atom. The van der Waals surface area contributed by atoms with Crippen molar-refractivity contribution in [3.05, 3.63) is 0 Å². The van der Waals surface area contributed by atoms with Crippen LogP contribution in [0.4, 0.5) is 0 Å². The maximum absolute atomic E-state index is 6.30. The Bertz CT molecular complexity index is 136. The Hall–Kier alpha value is 0.774. The fourth-order valence-corrected chi connectivity index (χ4v) is 8.34. The zero-order chi connectivity index (χ0) is 11.4. The molecule has 0 bridgehead atoms. The van der Waals surface area contributed by atoms with Crippen molar-refractivity contribution < 1.29 is 4.43 Å². The van der Waals surface area contributed by atoms with Gasteiger partial charge in [-0.1, -0.05) is 0 Å².